The van der Waals surface area contributed by atoms with Crippen molar-refractivity contribution in [2.75, 3.05) is 12.4 Å². The average Bonchev–Trinajstić information content (AvgIpc) is 2.25. The Balaban J connectivity index is 2.95. The fourth-order valence-corrected chi connectivity index (χ4v) is 2.30. The molecule has 0 aliphatic heterocycles. The van der Waals surface area contributed by atoms with Gasteiger partial charge in [0.15, 0.2) is 14.9 Å². The number of aliphatic hydroxyl groups excluding tert-OH is 1. The van der Waals surface area contributed by atoms with Crippen LogP contribution in [-0.4, -0.2) is 30.9 Å². The molecule has 0 amide bonds. The molecule has 96 valence electrons. The van der Waals surface area contributed by atoms with Crippen LogP contribution in [0.1, 0.15) is 12.0 Å². The van der Waals surface area contributed by atoms with E-state index in [9.17, 15) is 21.6 Å². The van der Waals surface area contributed by atoms with Crippen LogP contribution in [0.2, 0.25) is 0 Å². The van der Waals surface area contributed by atoms with E-state index in [0.29, 0.717) is 12.3 Å². The summed E-state index contributed by atoms with van der Waals surface area (Å²) in [6, 6.07) is 1.48. The first-order chi connectivity index (χ1) is 7.77. The van der Waals surface area contributed by atoms with E-state index >= 15 is 0 Å². The van der Waals surface area contributed by atoms with Crippen LogP contribution in [0.5, 0.6) is 0 Å². The van der Waals surface area contributed by atoms with Gasteiger partial charge < -0.3 is 5.11 Å². The number of aromatic nitrogens is 1. The second kappa shape index (κ2) is 5.01. The van der Waals surface area contributed by atoms with E-state index in [-0.39, 0.29) is 18.8 Å². The standard InChI is InChI=1S/C9H10F3NO3S/c10-9(11,12)7-2-3-8(13-6-7)17(15,16)5-1-4-14/h2-3,6,14H,1,4-5H2. The predicted molar refractivity (Wildman–Crippen MR) is 53.0 cm³/mol. The number of nitrogens with zero attached hydrogens (tertiary/aromatic N) is 1. The molecule has 4 nitrogen and oxygen atoms in total. The van der Waals surface area contributed by atoms with E-state index in [4.69, 9.17) is 5.11 Å². The predicted octanol–water partition coefficient (Wildman–Crippen LogP) is 1.26. The third kappa shape index (κ3) is 3.67. The van der Waals surface area contributed by atoms with Gasteiger partial charge in [-0.15, -0.1) is 0 Å². The minimum absolute atomic E-state index is 0.0189. The van der Waals surface area contributed by atoms with Gasteiger partial charge in [0.05, 0.1) is 11.3 Å². The maximum atomic E-state index is 12.2. The van der Waals surface area contributed by atoms with Gasteiger partial charge >= 0.3 is 6.18 Å². The molecule has 17 heavy (non-hydrogen) atoms. The quantitative estimate of drug-likeness (QED) is 0.893. The Bertz CT molecular complexity index is 467. The zero-order valence-electron chi connectivity index (χ0n) is 8.61. The minimum atomic E-state index is -4.54. The van der Waals surface area contributed by atoms with Gasteiger partial charge in [0.2, 0.25) is 0 Å². The Labute approximate surface area is 96.0 Å². The van der Waals surface area contributed by atoms with Crippen LogP contribution in [0.3, 0.4) is 0 Å². The lowest BCUT2D eigenvalue weighted by molar-refractivity contribution is -0.137. The molecule has 8 heteroatoms. The second-order valence-corrected chi connectivity index (χ2v) is 5.33. The SMILES string of the molecule is O=S(=O)(CCCO)c1ccc(C(F)(F)F)cn1. The molecule has 0 aromatic carbocycles. The highest BCUT2D eigenvalue weighted by Crippen LogP contribution is 2.28. The molecule has 0 fully saturated rings. The van der Waals surface area contributed by atoms with E-state index in [0.717, 1.165) is 6.07 Å². The molecule has 0 atom stereocenters. The largest absolute Gasteiger partial charge is 0.417 e. The number of aliphatic hydroxyl groups is 1. The molecule has 0 saturated carbocycles. The maximum absolute atomic E-state index is 12.2. The lowest BCUT2D eigenvalue weighted by Gasteiger charge is -2.07. The van der Waals surface area contributed by atoms with Crippen molar-refractivity contribution in [3.8, 4) is 0 Å². The van der Waals surface area contributed by atoms with Gasteiger partial charge in [0.25, 0.3) is 0 Å². The number of rotatable bonds is 4. The van der Waals surface area contributed by atoms with Crippen LogP contribution in [0, 0.1) is 0 Å². The first kappa shape index (κ1) is 13.9. The summed E-state index contributed by atoms with van der Waals surface area (Å²) in [6.07, 6.45) is -4.04. The third-order valence-corrected chi connectivity index (χ3v) is 3.66. The number of pyridine rings is 1. The monoisotopic (exact) mass is 269 g/mol. The molecule has 0 radical (unpaired) electrons. The van der Waals surface area contributed by atoms with Crippen molar-refractivity contribution in [1.29, 1.82) is 0 Å². The van der Waals surface area contributed by atoms with E-state index in [2.05, 4.69) is 4.98 Å². The highest BCUT2D eigenvalue weighted by atomic mass is 32.2. The van der Waals surface area contributed by atoms with Gasteiger partial charge in [-0.1, -0.05) is 0 Å². The molecule has 0 aliphatic rings. The zero-order valence-corrected chi connectivity index (χ0v) is 9.42. The van der Waals surface area contributed by atoms with Crippen LogP contribution in [0.15, 0.2) is 23.4 Å². The molecular formula is C9H10F3NO3S. The molecule has 0 unspecified atom stereocenters. The second-order valence-electron chi connectivity index (χ2n) is 3.28. The highest BCUT2D eigenvalue weighted by molar-refractivity contribution is 7.91. The number of hydrogen-bond donors (Lipinski definition) is 1. The van der Waals surface area contributed by atoms with Gasteiger partial charge in [-0.25, -0.2) is 13.4 Å². The summed E-state index contributed by atoms with van der Waals surface area (Å²) in [7, 11) is -3.72. The number of hydrogen-bond acceptors (Lipinski definition) is 4. The number of sulfone groups is 1. The van der Waals surface area contributed by atoms with Crippen molar-refractivity contribution in [2.45, 2.75) is 17.6 Å². The summed E-state index contributed by atoms with van der Waals surface area (Å²) in [6.45, 7) is -0.306. The fraction of sp³-hybridized carbons (Fsp3) is 0.444. The normalized spacial score (nSPS) is 12.7. The van der Waals surface area contributed by atoms with Crippen LogP contribution in [-0.2, 0) is 16.0 Å². The molecule has 0 aliphatic carbocycles. The molecule has 0 bridgehead atoms. The molecular weight excluding hydrogens is 259 g/mol. The molecule has 0 saturated heterocycles. The molecule has 1 aromatic rings. The minimum Gasteiger partial charge on any atom is -0.396 e. The number of alkyl halides is 3. The summed E-state index contributed by atoms with van der Waals surface area (Å²) >= 11 is 0. The van der Waals surface area contributed by atoms with Crippen LogP contribution in [0.4, 0.5) is 13.2 Å². The first-order valence-corrected chi connectivity index (χ1v) is 6.29. The van der Waals surface area contributed by atoms with Crippen LogP contribution in [0.25, 0.3) is 0 Å². The van der Waals surface area contributed by atoms with Crippen molar-refractivity contribution in [1.82, 2.24) is 4.98 Å². The maximum Gasteiger partial charge on any atom is 0.417 e. The van der Waals surface area contributed by atoms with Crippen molar-refractivity contribution in [2.24, 2.45) is 0 Å². The Morgan fingerprint density at radius 1 is 1.29 bits per heavy atom. The molecule has 1 heterocycles. The van der Waals surface area contributed by atoms with Gasteiger partial charge in [-0.3, -0.25) is 0 Å². The van der Waals surface area contributed by atoms with Gasteiger partial charge in [-0.05, 0) is 18.6 Å². The Morgan fingerprint density at radius 2 is 1.94 bits per heavy atom. The van der Waals surface area contributed by atoms with Crippen molar-refractivity contribution in [3.63, 3.8) is 0 Å². The summed E-state index contributed by atoms with van der Waals surface area (Å²) in [5, 5.41) is 8.08. The Morgan fingerprint density at radius 3 is 2.35 bits per heavy atom. The zero-order chi connectivity index (χ0) is 13.1. The lowest BCUT2D eigenvalue weighted by Crippen LogP contribution is -2.12. The van der Waals surface area contributed by atoms with Gasteiger partial charge in [-0.2, -0.15) is 13.2 Å². The molecule has 1 N–H and O–H groups in total. The van der Waals surface area contributed by atoms with Crippen molar-refractivity contribution < 1.29 is 26.7 Å². The van der Waals surface area contributed by atoms with Crippen LogP contribution >= 0.6 is 0 Å². The summed E-state index contributed by atoms with van der Waals surface area (Å²) in [5.74, 6) is -0.345. The Kier molecular flexibility index (Phi) is 4.10. The topological polar surface area (TPSA) is 67.3 Å². The van der Waals surface area contributed by atoms with E-state index in [1.54, 1.807) is 0 Å². The van der Waals surface area contributed by atoms with E-state index in [1.165, 1.54) is 0 Å². The number of halogens is 3. The summed E-state index contributed by atoms with van der Waals surface area (Å²) in [4.78, 5) is 3.28. The van der Waals surface area contributed by atoms with Crippen LogP contribution < -0.4 is 0 Å². The van der Waals surface area contributed by atoms with Gasteiger partial charge in [0, 0.05) is 12.8 Å². The highest BCUT2D eigenvalue weighted by Gasteiger charge is 2.31. The molecule has 1 rings (SSSR count). The fourth-order valence-electron chi connectivity index (χ4n) is 1.09. The summed E-state index contributed by atoms with van der Waals surface area (Å²) in [5.41, 5.74) is -1.00. The van der Waals surface area contributed by atoms with Crippen molar-refractivity contribution >= 4 is 9.84 Å². The van der Waals surface area contributed by atoms with Crippen molar-refractivity contribution in [3.05, 3.63) is 23.9 Å². The van der Waals surface area contributed by atoms with Gasteiger partial charge in [0.1, 0.15) is 0 Å². The lowest BCUT2D eigenvalue weighted by atomic mass is 10.3. The van der Waals surface area contributed by atoms with E-state index in [1.807, 2.05) is 0 Å². The average molecular weight is 269 g/mol. The first-order valence-electron chi connectivity index (χ1n) is 4.64. The third-order valence-electron chi connectivity index (χ3n) is 1.95. The summed E-state index contributed by atoms with van der Waals surface area (Å²) < 4.78 is 59.6. The van der Waals surface area contributed by atoms with E-state index < -0.39 is 26.6 Å². The Hall–Kier alpha value is -1.15. The molecule has 1 aromatic heterocycles. The molecule has 0 spiro atoms. The smallest absolute Gasteiger partial charge is 0.396 e.